The van der Waals surface area contributed by atoms with E-state index in [4.69, 9.17) is 0 Å². The summed E-state index contributed by atoms with van der Waals surface area (Å²) in [6.07, 6.45) is 4.69. The van der Waals surface area contributed by atoms with Gasteiger partial charge in [-0.15, -0.1) is 0 Å². The van der Waals surface area contributed by atoms with Crippen LogP contribution in [0.15, 0.2) is 18.2 Å². The first-order chi connectivity index (χ1) is 10.1. The topological polar surface area (TPSA) is 58.2 Å². The lowest BCUT2D eigenvalue weighted by molar-refractivity contribution is -0.136. The van der Waals surface area contributed by atoms with Gasteiger partial charge in [-0.05, 0) is 30.4 Å². The van der Waals surface area contributed by atoms with Crippen LogP contribution in [0.1, 0.15) is 51.2 Å². The number of carbonyl (C=O) groups is 2. The van der Waals surface area contributed by atoms with Gasteiger partial charge in [0.05, 0.1) is 0 Å². The second-order valence-corrected chi connectivity index (χ2v) is 5.08. The van der Waals surface area contributed by atoms with Crippen LogP contribution < -0.4 is 10.6 Å². The highest BCUT2D eigenvalue weighted by molar-refractivity contribution is 6.39. The summed E-state index contributed by atoms with van der Waals surface area (Å²) in [5, 5.41) is 5.43. The molecule has 0 aliphatic heterocycles. The van der Waals surface area contributed by atoms with Crippen molar-refractivity contribution < 1.29 is 9.59 Å². The normalized spacial score (nSPS) is 10.2. The van der Waals surface area contributed by atoms with Crippen LogP contribution in [0, 0.1) is 0 Å². The molecule has 1 aromatic rings. The van der Waals surface area contributed by atoms with E-state index in [0.29, 0.717) is 6.54 Å². The summed E-state index contributed by atoms with van der Waals surface area (Å²) in [4.78, 5) is 23.8. The lowest BCUT2D eigenvalue weighted by Gasteiger charge is -2.14. The number of anilines is 1. The molecule has 0 unspecified atom stereocenters. The molecule has 0 heterocycles. The first-order valence-corrected chi connectivity index (χ1v) is 7.83. The number of benzene rings is 1. The monoisotopic (exact) mass is 290 g/mol. The molecule has 0 spiro atoms. The van der Waals surface area contributed by atoms with Crippen LogP contribution in [-0.4, -0.2) is 18.4 Å². The van der Waals surface area contributed by atoms with E-state index in [1.54, 1.807) is 0 Å². The van der Waals surface area contributed by atoms with Gasteiger partial charge >= 0.3 is 11.8 Å². The molecular weight excluding hydrogens is 264 g/mol. The van der Waals surface area contributed by atoms with Gasteiger partial charge in [-0.2, -0.15) is 0 Å². The first-order valence-electron chi connectivity index (χ1n) is 7.83. The zero-order valence-electron chi connectivity index (χ0n) is 13.3. The fourth-order valence-corrected chi connectivity index (χ4v) is 2.23. The molecule has 0 aliphatic rings. The Balaban J connectivity index is 2.67. The van der Waals surface area contributed by atoms with Crippen LogP contribution in [0.5, 0.6) is 0 Å². The molecule has 1 rings (SSSR count). The molecule has 0 aromatic heterocycles. The molecule has 4 nitrogen and oxygen atoms in total. The smallest absolute Gasteiger partial charge is 0.313 e. The third kappa shape index (κ3) is 5.21. The van der Waals surface area contributed by atoms with Gasteiger partial charge in [0.15, 0.2) is 0 Å². The molecule has 4 heteroatoms. The summed E-state index contributed by atoms with van der Waals surface area (Å²) in [5.74, 6) is -1.14. The summed E-state index contributed by atoms with van der Waals surface area (Å²) in [5.41, 5.74) is 2.90. The molecule has 0 aliphatic carbocycles. The highest BCUT2D eigenvalue weighted by atomic mass is 16.2. The van der Waals surface area contributed by atoms with Crippen molar-refractivity contribution in [1.29, 1.82) is 0 Å². The van der Waals surface area contributed by atoms with E-state index in [9.17, 15) is 9.59 Å². The third-order valence-corrected chi connectivity index (χ3v) is 3.51. The molecule has 0 bridgehead atoms. The predicted octanol–water partition coefficient (Wildman–Crippen LogP) is 3.06. The van der Waals surface area contributed by atoms with Crippen molar-refractivity contribution in [2.75, 3.05) is 11.9 Å². The lowest BCUT2D eigenvalue weighted by Crippen LogP contribution is -2.36. The second kappa shape index (κ2) is 9.16. The van der Waals surface area contributed by atoms with E-state index in [1.165, 1.54) is 0 Å². The summed E-state index contributed by atoms with van der Waals surface area (Å²) in [6, 6.07) is 5.94. The van der Waals surface area contributed by atoms with Gasteiger partial charge in [0.2, 0.25) is 0 Å². The first kappa shape index (κ1) is 17.2. The van der Waals surface area contributed by atoms with E-state index < -0.39 is 11.8 Å². The van der Waals surface area contributed by atoms with Crippen LogP contribution in [0.3, 0.4) is 0 Å². The Bertz CT molecular complexity index is 461. The average Bonchev–Trinajstić information content (AvgIpc) is 2.51. The zero-order chi connectivity index (χ0) is 15.7. The van der Waals surface area contributed by atoms with Gasteiger partial charge in [0.1, 0.15) is 0 Å². The van der Waals surface area contributed by atoms with Crippen LogP contribution in [-0.2, 0) is 22.4 Å². The minimum Gasteiger partial charge on any atom is -0.348 e. The number of para-hydroxylation sites is 1. The zero-order valence-corrected chi connectivity index (χ0v) is 13.3. The van der Waals surface area contributed by atoms with Crippen LogP contribution in [0.4, 0.5) is 5.69 Å². The van der Waals surface area contributed by atoms with E-state index in [0.717, 1.165) is 48.9 Å². The van der Waals surface area contributed by atoms with Gasteiger partial charge in [0, 0.05) is 12.2 Å². The van der Waals surface area contributed by atoms with Crippen LogP contribution in [0.25, 0.3) is 0 Å². The molecular formula is C17H26N2O2. The van der Waals surface area contributed by atoms with Gasteiger partial charge in [0.25, 0.3) is 0 Å². The highest BCUT2D eigenvalue weighted by Gasteiger charge is 2.16. The fourth-order valence-electron chi connectivity index (χ4n) is 2.23. The average molecular weight is 290 g/mol. The van der Waals surface area contributed by atoms with Crippen molar-refractivity contribution in [2.45, 2.75) is 52.9 Å². The Morgan fingerprint density at radius 3 is 2.10 bits per heavy atom. The van der Waals surface area contributed by atoms with Crippen molar-refractivity contribution in [3.05, 3.63) is 29.3 Å². The molecule has 21 heavy (non-hydrogen) atoms. The minimum absolute atomic E-state index is 0.552. The number of aryl methyl sites for hydroxylation is 2. The fraction of sp³-hybridized carbons (Fsp3) is 0.529. The Labute approximate surface area is 127 Å². The van der Waals surface area contributed by atoms with E-state index in [1.807, 2.05) is 32.0 Å². The molecule has 0 saturated carbocycles. The Kier molecular flexibility index (Phi) is 7.51. The molecule has 0 saturated heterocycles. The number of carbonyl (C=O) groups excluding carboxylic acids is 2. The number of nitrogens with one attached hydrogen (secondary N) is 2. The minimum atomic E-state index is -0.581. The molecule has 2 amide bonds. The second-order valence-electron chi connectivity index (χ2n) is 5.08. The Morgan fingerprint density at radius 1 is 0.952 bits per heavy atom. The van der Waals surface area contributed by atoms with Crippen LogP contribution >= 0.6 is 0 Å². The maximum atomic E-state index is 12.0. The lowest BCUT2D eigenvalue weighted by atomic mass is 10.0. The summed E-state index contributed by atoms with van der Waals surface area (Å²) in [7, 11) is 0. The van der Waals surface area contributed by atoms with E-state index in [2.05, 4.69) is 17.6 Å². The maximum Gasteiger partial charge on any atom is 0.313 e. The van der Waals surface area contributed by atoms with Crippen molar-refractivity contribution in [1.82, 2.24) is 5.32 Å². The quantitative estimate of drug-likeness (QED) is 0.599. The molecule has 1 aromatic carbocycles. The van der Waals surface area contributed by atoms with Gasteiger partial charge in [-0.25, -0.2) is 0 Å². The summed E-state index contributed by atoms with van der Waals surface area (Å²) >= 11 is 0. The molecule has 2 N–H and O–H groups in total. The van der Waals surface area contributed by atoms with E-state index >= 15 is 0 Å². The van der Waals surface area contributed by atoms with Crippen molar-refractivity contribution in [3.63, 3.8) is 0 Å². The SMILES string of the molecule is CCCCCNC(=O)C(=O)Nc1c(CC)cccc1CC. The Hall–Kier alpha value is -1.84. The number of amides is 2. The van der Waals surface area contributed by atoms with Gasteiger partial charge < -0.3 is 10.6 Å². The largest absolute Gasteiger partial charge is 0.348 e. The molecule has 0 fully saturated rings. The standard InChI is InChI=1S/C17H26N2O2/c1-4-7-8-12-18-16(20)17(21)19-15-13(5-2)10-9-11-14(15)6-3/h9-11H,4-8,12H2,1-3H3,(H,18,20)(H,19,21). The third-order valence-electron chi connectivity index (χ3n) is 3.51. The van der Waals surface area contributed by atoms with Crippen molar-refractivity contribution in [2.24, 2.45) is 0 Å². The van der Waals surface area contributed by atoms with Crippen molar-refractivity contribution in [3.8, 4) is 0 Å². The molecule has 116 valence electrons. The maximum absolute atomic E-state index is 12.0. The summed E-state index contributed by atoms with van der Waals surface area (Å²) < 4.78 is 0. The number of hydrogen-bond donors (Lipinski definition) is 2. The highest BCUT2D eigenvalue weighted by Crippen LogP contribution is 2.22. The van der Waals surface area contributed by atoms with Gasteiger partial charge in [-0.3, -0.25) is 9.59 Å². The number of hydrogen-bond acceptors (Lipinski definition) is 2. The van der Waals surface area contributed by atoms with E-state index in [-0.39, 0.29) is 0 Å². The predicted molar refractivity (Wildman–Crippen MR) is 86.4 cm³/mol. The molecule has 0 atom stereocenters. The van der Waals surface area contributed by atoms with Crippen LogP contribution in [0.2, 0.25) is 0 Å². The number of unbranched alkanes of at least 4 members (excludes halogenated alkanes) is 2. The molecule has 0 radical (unpaired) electrons. The Morgan fingerprint density at radius 2 is 1.57 bits per heavy atom. The van der Waals surface area contributed by atoms with Gasteiger partial charge in [-0.1, -0.05) is 51.8 Å². The number of rotatable bonds is 7. The van der Waals surface area contributed by atoms with Crippen molar-refractivity contribution >= 4 is 17.5 Å². The summed E-state index contributed by atoms with van der Waals surface area (Å²) in [6.45, 7) is 6.73.